The van der Waals surface area contributed by atoms with E-state index < -0.39 is 5.97 Å². The highest BCUT2D eigenvalue weighted by Gasteiger charge is 2.35. The lowest BCUT2D eigenvalue weighted by Crippen LogP contribution is -2.57. The van der Waals surface area contributed by atoms with Crippen LogP contribution in [-0.2, 0) is 4.79 Å². The van der Waals surface area contributed by atoms with Crippen LogP contribution in [0, 0.1) is 5.92 Å². The fourth-order valence-corrected chi connectivity index (χ4v) is 5.39. The van der Waals surface area contributed by atoms with Crippen molar-refractivity contribution in [3.8, 4) is 0 Å². The van der Waals surface area contributed by atoms with Crippen LogP contribution in [0.5, 0.6) is 0 Å². The second kappa shape index (κ2) is 10.6. The quantitative estimate of drug-likeness (QED) is 0.702. The number of carbonyl (C=O) groups is 2. The van der Waals surface area contributed by atoms with Gasteiger partial charge in [-0.25, -0.2) is 9.78 Å². The number of hydrogen-bond acceptors (Lipinski definition) is 6. The highest BCUT2D eigenvalue weighted by Crippen LogP contribution is 2.31. The number of allylic oxidation sites excluding steroid dienone is 1. The summed E-state index contributed by atoms with van der Waals surface area (Å²) in [6, 6.07) is 10.4. The van der Waals surface area contributed by atoms with E-state index in [1.54, 1.807) is 24.9 Å². The molecule has 3 fully saturated rings. The molecule has 3 aliphatic heterocycles. The molecule has 1 atom stereocenters. The Balaban J connectivity index is 0.000000353. The summed E-state index contributed by atoms with van der Waals surface area (Å²) in [6.45, 7) is 5.04. The molecule has 2 N–H and O–H groups in total. The lowest BCUT2D eigenvalue weighted by molar-refractivity contribution is -0.131. The summed E-state index contributed by atoms with van der Waals surface area (Å²) in [5, 5.41) is 11.1. The molecule has 2 bridgehead atoms. The summed E-state index contributed by atoms with van der Waals surface area (Å²) in [4.78, 5) is 30.7. The van der Waals surface area contributed by atoms with Crippen LogP contribution in [-0.4, -0.2) is 52.5 Å². The van der Waals surface area contributed by atoms with E-state index in [4.69, 9.17) is 5.11 Å². The third kappa shape index (κ3) is 6.42. The Morgan fingerprint density at radius 1 is 1.28 bits per heavy atom. The van der Waals surface area contributed by atoms with Gasteiger partial charge in [0.15, 0.2) is 4.34 Å². The molecule has 0 radical (unpaired) electrons. The molecule has 3 aliphatic rings. The Morgan fingerprint density at radius 2 is 2.00 bits per heavy atom. The van der Waals surface area contributed by atoms with Gasteiger partial charge in [0.2, 0.25) is 0 Å². The molecule has 6 nitrogen and oxygen atoms in total. The van der Waals surface area contributed by atoms with Crippen molar-refractivity contribution in [2.45, 2.75) is 35.0 Å². The van der Waals surface area contributed by atoms with E-state index in [2.05, 4.69) is 27.3 Å². The Hall–Kier alpha value is -2.16. The van der Waals surface area contributed by atoms with Crippen LogP contribution >= 0.6 is 23.1 Å². The number of carbonyl (C=O) groups excluding carboxylic acids is 1. The van der Waals surface area contributed by atoms with E-state index in [-0.39, 0.29) is 5.91 Å². The zero-order chi connectivity index (χ0) is 20.6. The van der Waals surface area contributed by atoms with Crippen molar-refractivity contribution in [1.29, 1.82) is 0 Å². The second-order valence-electron chi connectivity index (χ2n) is 6.96. The van der Waals surface area contributed by atoms with Crippen molar-refractivity contribution in [3.05, 3.63) is 53.6 Å². The minimum Gasteiger partial charge on any atom is -0.478 e. The summed E-state index contributed by atoms with van der Waals surface area (Å²) in [6.07, 6.45) is 6.68. The average molecular weight is 432 g/mol. The smallest absolute Gasteiger partial charge is 0.327 e. The monoisotopic (exact) mass is 431 g/mol. The van der Waals surface area contributed by atoms with Gasteiger partial charge >= 0.3 is 5.97 Å². The molecule has 0 saturated carbocycles. The molecule has 0 unspecified atom stereocenters. The van der Waals surface area contributed by atoms with Gasteiger partial charge in [-0.05, 0) is 50.9 Å². The topological polar surface area (TPSA) is 82.5 Å². The van der Waals surface area contributed by atoms with Gasteiger partial charge in [-0.2, -0.15) is 0 Å². The Labute approximate surface area is 179 Å². The van der Waals surface area contributed by atoms with Crippen molar-refractivity contribution in [3.63, 3.8) is 0 Å². The molecule has 1 aromatic heterocycles. The maximum atomic E-state index is 12.5. The van der Waals surface area contributed by atoms with E-state index in [1.165, 1.54) is 43.3 Å². The fourth-order valence-electron chi connectivity index (χ4n) is 3.51. The van der Waals surface area contributed by atoms with Crippen molar-refractivity contribution in [1.82, 2.24) is 15.2 Å². The van der Waals surface area contributed by atoms with Crippen LogP contribution in [0.2, 0.25) is 0 Å². The first-order chi connectivity index (χ1) is 14.0. The first kappa shape index (κ1) is 21.5. The largest absolute Gasteiger partial charge is 0.478 e. The molecule has 29 heavy (non-hydrogen) atoms. The predicted octanol–water partition coefficient (Wildman–Crippen LogP) is 3.77. The number of amides is 1. The van der Waals surface area contributed by atoms with Crippen LogP contribution in [0.3, 0.4) is 0 Å². The number of benzene rings is 1. The molecule has 3 saturated heterocycles. The Kier molecular flexibility index (Phi) is 7.85. The zero-order valence-electron chi connectivity index (χ0n) is 16.3. The van der Waals surface area contributed by atoms with E-state index in [0.717, 1.165) is 21.9 Å². The first-order valence-corrected chi connectivity index (χ1v) is 11.3. The Bertz CT molecular complexity index is 846. The van der Waals surface area contributed by atoms with Crippen LogP contribution < -0.4 is 5.32 Å². The molecule has 1 amide bonds. The van der Waals surface area contributed by atoms with Crippen molar-refractivity contribution >= 4 is 35.0 Å². The van der Waals surface area contributed by atoms with E-state index >= 15 is 0 Å². The fraction of sp³-hybridized carbons (Fsp3) is 0.381. The molecule has 2 aromatic rings. The lowest BCUT2D eigenvalue weighted by atomic mass is 9.84. The first-order valence-electron chi connectivity index (χ1n) is 9.62. The predicted molar refractivity (Wildman–Crippen MR) is 116 cm³/mol. The van der Waals surface area contributed by atoms with Crippen LogP contribution in [0.25, 0.3) is 0 Å². The van der Waals surface area contributed by atoms with Gasteiger partial charge < -0.3 is 15.3 Å². The second-order valence-corrected chi connectivity index (χ2v) is 9.31. The average Bonchev–Trinajstić information content (AvgIpc) is 3.19. The van der Waals surface area contributed by atoms with Gasteiger partial charge in [0, 0.05) is 23.6 Å². The maximum absolute atomic E-state index is 12.5. The van der Waals surface area contributed by atoms with E-state index in [9.17, 15) is 9.59 Å². The summed E-state index contributed by atoms with van der Waals surface area (Å²) < 4.78 is 0.912. The number of carboxylic acids is 1. The number of thiazole rings is 1. The van der Waals surface area contributed by atoms with Crippen molar-refractivity contribution in [2.75, 3.05) is 19.6 Å². The molecular formula is C21H25N3O3S2. The number of nitrogens with zero attached hydrogens (tertiary/aromatic N) is 2. The molecular weight excluding hydrogens is 406 g/mol. The summed E-state index contributed by atoms with van der Waals surface area (Å²) >= 11 is 3.07. The minimum atomic E-state index is -0.891. The van der Waals surface area contributed by atoms with Gasteiger partial charge in [0.05, 0.1) is 6.20 Å². The van der Waals surface area contributed by atoms with E-state index in [0.29, 0.717) is 16.8 Å². The number of carboxylic acid groups (broad SMARTS) is 1. The number of aliphatic carboxylic acids is 1. The number of aromatic nitrogens is 1. The highest BCUT2D eigenvalue weighted by molar-refractivity contribution is 8.01. The van der Waals surface area contributed by atoms with Crippen molar-refractivity contribution in [2.24, 2.45) is 5.92 Å². The normalized spacial score (nSPS) is 22.7. The number of rotatable bonds is 5. The molecule has 5 rings (SSSR count). The SMILES string of the molecule is C/C=C/C(=O)O.O=C(N[C@H]1CN2CCC1CC2)c1cnc(Sc2ccccc2)s1. The molecule has 0 spiro atoms. The standard InChI is InChI=1S/C17H19N3OS2.C4H6O2/c21-16(19-14-11-20-8-6-12(14)7-9-20)15-10-18-17(23-15)22-13-4-2-1-3-5-13;1-2-3-4(5)6/h1-5,10,12,14H,6-9,11H2,(H,19,21);2-3H,1H3,(H,5,6)/b;3-2+/t14-;/m0./s1. The van der Waals surface area contributed by atoms with Gasteiger partial charge in [-0.3, -0.25) is 4.79 Å². The molecule has 4 heterocycles. The van der Waals surface area contributed by atoms with Gasteiger partial charge in [-0.15, -0.1) is 11.3 Å². The summed E-state index contributed by atoms with van der Waals surface area (Å²) in [5.41, 5.74) is 0. The molecule has 8 heteroatoms. The maximum Gasteiger partial charge on any atom is 0.327 e. The number of fused-ring (bicyclic) bond motifs is 3. The van der Waals surface area contributed by atoms with Crippen molar-refractivity contribution < 1.29 is 14.7 Å². The highest BCUT2D eigenvalue weighted by atomic mass is 32.2. The summed E-state index contributed by atoms with van der Waals surface area (Å²) in [7, 11) is 0. The van der Waals surface area contributed by atoms with Gasteiger partial charge in [-0.1, -0.05) is 36.0 Å². The zero-order valence-corrected chi connectivity index (χ0v) is 17.9. The number of hydrogen-bond donors (Lipinski definition) is 2. The third-order valence-corrected chi connectivity index (χ3v) is 7.02. The van der Waals surface area contributed by atoms with Crippen LogP contribution in [0.4, 0.5) is 0 Å². The molecule has 1 aromatic carbocycles. The van der Waals surface area contributed by atoms with E-state index in [1.807, 2.05) is 18.2 Å². The summed E-state index contributed by atoms with van der Waals surface area (Å²) in [5.74, 6) is -0.214. The van der Waals surface area contributed by atoms with Crippen LogP contribution in [0.15, 0.2) is 57.9 Å². The number of nitrogens with one attached hydrogen (secondary N) is 1. The van der Waals surface area contributed by atoms with Gasteiger partial charge in [0.25, 0.3) is 5.91 Å². The van der Waals surface area contributed by atoms with Crippen LogP contribution in [0.1, 0.15) is 29.4 Å². The minimum absolute atomic E-state index is 0.0289. The van der Waals surface area contributed by atoms with Gasteiger partial charge in [0.1, 0.15) is 4.88 Å². The lowest BCUT2D eigenvalue weighted by Gasteiger charge is -2.44. The molecule has 154 valence electrons. The number of piperidine rings is 3. The third-order valence-electron chi connectivity index (χ3n) is 4.94. The Morgan fingerprint density at radius 3 is 2.55 bits per heavy atom. The molecule has 0 aliphatic carbocycles.